The molecule has 21 heavy (non-hydrogen) atoms. The van der Waals surface area contributed by atoms with Gasteiger partial charge in [-0.2, -0.15) is 0 Å². The third-order valence-corrected chi connectivity index (χ3v) is 3.73. The molecule has 0 radical (unpaired) electrons. The van der Waals surface area contributed by atoms with Gasteiger partial charge in [-0.25, -0.2) is 0 Å². The van der Waals surface area contributed by atoms with Crippen molar-refractivity contribution in [1.82, 2.24) is 10.2 Å². The molecular formula is C18H32N2O. The molecule has 0 aliphatic heterocycles. The van der Waals surface area contributed by atoms with Crippen LogP contribution >= 0.6 is 0 Å². The maximum Gasteiger partial charge on any atom is 0.123 e. The fourth-order valence-corrected chi connectivity index (χ4v) is 2.51. The van der Waals surface area contributed by atoms with E-state index in [0.29, 0.717) is 12.6 Å². The molecule has 1 aromatic carbocycles. The van der Waals surface area contributed by atoms with E-state index in [0.717, 1.165) is 25.4 Å². The average molecular weight is 292 g/mol. The van der Waals surface area contributed by atoms with Gasteiger partial charge in [0.2, 0.25) is 0 Å². The van der Waals surface area contributed by atoms with Crippen LogP contribution < -0.4 is 10.1 Å². The molecule has 0 saturated heterocycles. The van der Waals surface area contributed by atoms with Crippen molar-refractivity contribution in [1.29, 1.82) is 0 Å². The molecule has 0 aromatic heterocycles. The predicted octanol–water partition coefficient (Wildman–Crippen LogP) is 3.99. The first kappa shape index (κ1) is 18.0. The lowest BCUT2D eigenvalue weighted by Gasteiger charge is -2.21. The number of nitrogens with one attached hydrogen (secondary N) is 1. The van der Waals surface area contributed by atoms with Crippen molar-refractivity contribution in [2.45, 2.75) is 53.1 Å². The molecule has 0 saturated carbocycles. The molecule has 0 spiro atoms. The first-order valence-corrected chi connectivity index (χ1v) is 8.29. The zero-order valence-electron chi connectivity index (χ0n) is 14.4. The summed E-state index contributed by atoms with van der Waals surface area (Å²) >= 11 is 0. The van der Waals surface area contributed by atoms with Gasteiger partial charge >= 0.3 is 0 Å². The molecule has 0 aliphatic rings. The minimum Gasteiger partial charge on any atom is -0.494 e. The molecule has 0 amide bonds. The standard InChI is InChI=1S/C18H32N2O/c1-6-9-12-20(5)14-17-13-16(15(4)19-7-2)10-11-18(17)21-8-3/h10-11,13,15,19H,6-9,12,14H2,1-5H3. The Morgan fingerprint density at radius 2 is 2.00 bits per heavy atom. The Bertz CT molecular complexity index is 406. The van der Waals surface area contributed by atoms with E-state index in [1.807, 2.05) is 6.92 Å². The van der Waals surface area contributed by atoms with Gasteiger partial charge in [-0.05, 0) is 58.1 Å². The van der Waals surface area contributed by atoms with Gasteiger partial charge in [0.15, 0.2) is 0 Å². The molecular weight excluding hydrogens is 260 g/mol. The molecule has 1 rings (SSSR count). The van der Waals surface area contributed by atoms with E-state index in [1.165, 1.54) is 24.0 Å². The molecule has 0 heterocycles. The highest BCUT2D eigenvalue weighted by Crippen LogP contribution is 2.25. The summed E-state index contributed by atoms with van der Waals surface area (Å²) in [4.78, 5) is 2.38. The summed E-state index contributed by atoms with van der Waals surface area (Å²) in [6.07, 6.45) is 2.48. The van der Waals surface area contributed by atoms with Crippen molar-refractivity contribution in [2.75, 3.05) is 26.7 Å². The van der Waals surface area contributed by atoms with Crippen LogP contribution in [0.3, 0.4) is 0 Å². The van der Waals surface area contributed by atoms with E-state index in [2.05, 4.69) is 56.2 Å². The Hall–Kier alpha value is -1.06. The van der Waals surface area contributed by atoms with Crippen LogP contribution in [-0.2, 0) is 6.54 Å². The summed E-state index contributed by atoms with van der Waals surface area (Å²) in [5.41, 5.74) is 2.62. The first-order chi connectivity index (χ1) is 10.1. The maximum atomic E-state index is 5.79. The highest BCUT2D eigenvalue weighted by molar-refractivity contribution is 5.38. The average Bonchev–Trinajstić information content (AvgIpc) is 2.47. The summed E-state index contributed by atoms with van der Waals surface area (Å²) < 4.78 is 5.79. The second kappa shape index (κ2) is 9.80. The molecule has 1 unspecified atom stereocenters. The Kier molecular flexibility index (Phi) is 8.40. The fraction of sp³-hybridized carbons (Fsp3) is 0.667. The van der Waals surface area contributed by atoms with Crippen LogP contribution in [0.4, 0.5) is 0 Å². The van der Waals surface area contributed by atoms with Crippen LogP contribution in [0.15, 0.2) is 18.2 Å². The van der Waals surface area contributed by atoms with Crippen LogP contribution in [-0.4, -0.2) is 31.6 Å². The van der Waals surface area contributed by atoms with Gasteiger partial charge in [-0.15, -0.1) is 0 Å². The van der Waals surface area contributed by atoms with Gasteiger partial charge in [0.1, 0.15) is 5.75 Å². The molecule has 120 valence electrons. The number of unbranched alkanes of at least 4 members (excludes halogenated alkanes) is 1. The number of hydrogen-bond acceptors (Lipinski definition) is 3. The van der Waals surface area contributed by atoms with Crippen LogP contribution in [0.25, 0.3) is 0 Å². The second-order valence-electron chi connectivity index (χ2n) is 5.67. The SMILES string of the molecule is CCCCN(C)Cc1cc(C(C)NCC)ccc1OCC. The van der Waals surface area contributed by atoms with E-state index in [-0.39, 0.29) is 0 Å². The topological polar surface area (TPSA) is 24.5 Å². The molecule has 3 heteroatoms. The summed E-state index contributed by atoms with van der Waals surface area (Å²) in [6, 6.07) is 6.97. The summed E-state index contributed by atoms with van der Waals surface area (Å²) in [7, 11) is 2.19. The van der Waals surface area contributed by atoms with Gasteiger partial charge in [0, 0.05) is 18.2 Å². The minimum atomic E-state index is 0.380. The normalized spacial score (nSPS) is 12.7. The zero-order valence-corrected chi connectivity index (χ0v) is 14.4. The van der Waals surface area contributed by atoms with Crippen molar-refractivity contribution >= 4 is 0 Å². The van der Waals surface area contributed by atoms with E-state index >= 15 is 0 Å². The largest absolute Gasteiger partial charge is 0.494 e. The molecule has 1 aromatic rings. The van der Waals surface area contributed by atoms with Gasteiger partial charge in [-0.1, -0.05) is 26.3 Å². The van der Waals surface area contributed by atoms with Gasteiger partial charge < -0.3 is 15.0 Å². The van der Waals surface area contributed by atoms with E-state index in [9.17, 15) is 0 Å². The zero-order chi connectivity index (χ0) is 15.7. The monoisotopic (exact) mass is 292 g/mol. The molecule has 1 atom stereocenters. The van der Waals surface area contributed by atoms with Crippen molar-refractivity contribution in [2.24, 2.45) is 0 Å². The Balaban J connectivity index is 2.87. The maximum absolute atomic E-state index is 5.79. The third-order valence-electron chi connectivity index (χ3n) is 3.73. The number of benzene rings is 1. The second-order valence-corrected chi connectivity index (χ2v) is 5.67. The van der Waals surface area contributed by atoms with Crippen LogP contribution in [0.2, 0.25) is 0 Å². The number of hydrogen-bond donors (Lipinski definition) is 1. The lowest BCUT2D eigenvalue weighted by atomic mass is 10.0. The predicted molar refractivity (Wildman–Crippen MR) is 90.9 cm³/mol. The smallest absolute Gasteiger partial charge is 0.123 e. The molecule has 1 N–H and O–H groups in total. The summed E-state index contributed by atoms with van der Waals surface area (Å²) in [5.74, 6) is 1.02. The van der Waals surface area contributed by atoms with Gasteiger partial charge in [0.05, 0.1) is 6.61 Å². The van der Waals surface area contributed by atoms with Crippen molar-refractivity contribution in [3.8, 4) is 5.75 Å². The van der Waals surface area contributed by atoms with Crippen molar-refractivity contribution in [3.63, 3.8) is 0 Å². The molecule has 0 aliphatic carbocycles. The van der Waals surface area contributed by atoms with Gasteiger partial charge in [0.25, 0.3) is 0 Å². The fourth-order valence-electron chi connectivity index (χ4n) is 2.51. The number of nitrogens with zero attached hydrogens (tertiary/aromatic N) is 1. The lowest BCUT2D eigenvalue weighted by Crippen LogP contribution is -2.21. The highest BCUT2D eigenvalue weighted by Gasteiger charge is 2.11. The highest BCUT2D eigenvalue weighted by atomic mass is 16.5. The Morgan fingerprint density at radius 1 is 1.24 bits per heavy atom. The summed E-state index contributed by atoms with van der Waals surface area (Å²) in [5, 5.41) is 3.47. The molecule has 0 bridgehead atoms. The molecule has 0 fully saturated rings. The van der Waals surface area contributed by atoms with Crippen LogP contribution in [0.5, 0.6) is 5.75 Å². The first-order valence-electron chi connectivity index (χ1n) is 8.29. The van der Waals surface area contributed by atoms with E-state index < -0.39 is 0 Å². The Morgan fingerprint density at radius 3 is 2.62 bits per heavy atom. The van der Waals surface area contributed by atoms with Crippen LogP contribution in [0.1, 0.15) is 57.7 Å². The van der Waals surface area contributed by atoms with E-state index in [4.69, 9.17) is 4.74 Å². The molecule has 3 nitrogen and oxygen atoms in total. The minimum absolute atomic E-state index is 0.380. The lowest BCUT2D eigenvalue weighted by molar-refractivity contribution is 0.299. The van der Waals surface area contributed by atoms with Crippen molar-refractivity contribution < 1.29 is 4.74 Å². The van der Waals surface area contributed by atoms with E-state index in [1.54, 1.807) is 0 Å². The van der Waals surface area contributed by atoms with Gasteiger partial charge in [-0.3, -0.25) is 0 Å². The Labute approximate surface area is 130 Å². The van der Waals surface area contributed by atoms with Crippen LogP contribution in [0, 0.1) is 0 Å². The number of ether oxygens (including phenoxy) is 1. The summed E-state index contributed by atoms with van der Waals surface area (Å²) in [6.45, 7) is 12.4. The quantitative estimate of drug-likeness (QED) is 0.706. The number of rotatable bonds is 10. The third kappa shape index (κ3) is 6.06. The van der Waals surface area contributed by atoms with Crippen molar-refractivity contribution in [3.05, 3.63) is 29.3 Å².